The highest BCUT2D eigenvalue weighted by Gasteiger charge is 2.14. The van der Waals surface area contributed by atoms with Gasteiger partial charge in [0.25, 0.3) is 0 Å². The van der Waals surface area contributed by atoms with E-state index >= 15 is 0 Å². The maximum atomic E-state index is 13.9. The summed E-state index contributed by atoms with van der Waals surface area (Å²) >= 11 is 6.71. The van der Waals surface area contributed by atoms with Crippen molar-refractivity contribution in [3.8, 4) is 5.75 Å². The normalized spacial score (nSPS) is 12.2. The summed E-state index contributed by atoms with van der Waals surface area (Å²) < 4.78 is 20.7. The van der Waals surface area contributed by atoms with Gasteiger partial charge in [-0.15, -0.1) is 0 Å². The van der Waals surface area contributed by atoms with Crippen LogP contribution in [0.15, 0.2) is 45.3 Å². The second kappa shape index (κ2) is 6.70. The van der Waals surface area contributed by atoms with Crippen LogP contribution >= 0.6 is 31.9 Å². The lowest BCUT2D eigenvalue weighted by molar-refractivity contribution is 0.413. The number of methoxy groups -OCH3 is 1. The quantitative estimate of drug-likeness (QED) is 0.810. The Balaban J connectivity index is 2.25. The molecule has 5 heteroatoms. The molecule has 0 saturated heterocycles. The van der Waals surface area contributed by atoms with Crippen LogP contribution in [0.3, 0.4) is 0 Å². The highest BCUT2D eigenvalue weighted by Crippen LogP contribution is 2.29. The zero-order valence-electron chi connectivity index (χ0n) is 10.9. The summed E-state index contributed by atoms with van der Waals surface area (Å²) in [6, 6.07) is 10.3. The first-order valence-electron chi connectivity index (χ1n) is 6.04. The van der Waals surface area contributed by atoms with E-state index in [1.165, 1.54) is 6.07 Å². The molecule has 2 aromatic rings. The first-order valence-corrected chi connectivity index (χ1v) is 7.63. The fourth-order valence-corrected chi connectivity index (χ4v) is 2.84. The third-order valence-electron chi connectivity index (χ3n) is 3.06. The largest absolute Gasteiger partial charge is 0.497 e. The summed E-state index contributed by atoms with van der Waals surface area (Å²) in [4.78, 5) is 0. The van der Waals surface area contributed by atoms with Crippen molar-refractivity contribution in [1.29, 1.82) is 0 Å². The van der Waals surface area contributed by atoms with Crippen LogP contribution in [-0.4, -0.2) is 7.11 Å². The molecule has 106 valence electrons. The molecule has 0 radical (unpaired) electrons. The van der Waals surface area contributed by atoms with Gasteiger partial charge in [0, 0.05) is 15.0 Å². The molecule has 0 aliphatic heterocycles. The molecule has 0 amide bonds. The van der Waals surface area contributed by atoms with Crippen LogP contribution < -0.4 is 10.5 Å². The Morgan fingerprint density at radius 1 is 1.20 bits per heavy atom. The Morgan fingerprint density at radius 3 is 2.60 bits per heavy atom. The summed E-state index contributed by atoms with van der Waals surface area (Å²) in [6.07, 6.45) is 0.422. The van der Waals surface area contributed by atoms with Gasteiger partial charge < -0.3 is 10.5 Å². The molecule has 20 heavy (non-hydrogen) atoms. The molecule has 1 atom stereocenters. The van der Waals surface area contributed by atoms with Gasteiger partial charge in [0.1, 0.15) is 11.6 Å². The van der Waals surface area contributed by atoms with E-state index in [4.69, 9.17) is 10.5 Å². The molecular weight excluding hydrogens is 389 g/mol. The van der Waals surface area contributed by atoms with Crippen molar-refractivity contribution in [2.75, 3.05) is 7.11 Å². The molecule has 0 spiro atoms. The summed E-state index contributed by atoms with van der Waals surface area (Å²) in [6.45, 7) is 0. The van der Waals surface area contributed by atoms with E-state index in [-0.39, 0.29) is 11.9 Å². The first-order chi connectivity index (χ1) is 9.51. The first kappa shape index (κ1) is 15.5. The van der Waals surface area contributed by atoms with Crippen molar-refractivity contribution < 1.29 is 9.13 Å². The number of benzene rings is 2. The van der Waals surface area contributed by atoms with Gasteiger partial charge in [0.2, 0.25) is 0 Å². The monoisotopic (exact) mass is 401 g/mol. The molecule has 2 nitrogen and oxygen atoms in total. The van der Waals surface area contributed by atoms with E-state index in [1.807, 2.05) is 24.3 Å². The molecule has 0 saturated carbocycles. The van der Waals surface area contributed by atoms with Gasteiger partial charge in [-0.05, 0) is 47.9 Å². The molecule has 0 fully saturated rings. The van der Waals surface area contributed by atoms with Gasteiger partial charge in [0.15, 0.2) is 0 Å². The molecule has 0 aliphatic carbocycles. The molecule has 0 bridgehead atoms. The number of nitrogens with two attached hydrogens (primary N) is 1. The number of rotatable bonds is 4. The number of ether oxygens (including phenoxy) is 1. The van der Waals surface area contributed by atoms with Crippen molar-refractivity contribution in [3.05, 3.63) is 62.3 Å². The number of hydrogen-bond acceptors (Lipinski definition) is 2. The Bertz CT molecular complexity index is 619. The predicted molar refractivity (Wildman–Crippen MR) is 85.4 cm³/mol. The fraction of sp³-hybridized carbons (Fsp3) is 0.200. The second-order valence-corrected chi connectivity index (χ2v) is 6.20. The van der Waals surface area contributed by atoms with E-state index in [1.54, 1.807) is 13.2 Å². The lowest BCUT2D eigenvalue weighted by Gasteiger charge is -2.15. The topological polar surface area (TPSA) is 35.2 Å². The van der Waals surface area contributed by atoms with Gasteiger partial charge in [-0.1, -0.05) is 37.9 Å². The minimum Gasteiger partial charge on any atom is -0.497 e. The maximum Gasteiger partial charge on any atom is 0.127 e. The second-order valence-electron chi connectivity index (χ2n) is 4.43. The summed E-state index contributed by atoms with van der Waals surface area (Å²) in [5.41, 5.74) is 7.68. The Hall–Kier alpha value is -0.910. The van der Waals surface area contributed by atoms with Crippen molar-refractivity contribution in [2.24, 2.45) is 5.73 Å². The van der Waals surface area contributed by atoms with Crippen LogP contribution in [0.1, 0.15) is 17.2 Å². The zero-order valence-corrected chi connectivity index (χ0v) is 14.0. The van der Waals surface area contributed by atoms with Crippen LogP contribution in [0.5, 0.6) is 5.75 Å². The Kier molecular flexibility index (Phi) is 5.18. The SMILES string of the molecule is COc1ccc(Br)c(C(N)Cc2ccc(Br)cc2F)c1. The van der Waals surface area contributed by atoms with Gasteiger partial charge in [0.05, 0.1) is 7.11 Å². The standard InChI is InChI=1S/C15H14Br2FNO/c1-20-11-4-5-13(17)12(8-11)15(19)6-9-2-3-10(16)7-14(9)18/h2-5,7-8,15H,6,19H2,1H3. The highest BCUT2D eigenvalue weighted by atomic mass is 79.9. The third kappa shape index (κ3) is 3.59. The fourth-order valence-electron chi connectivity index (χ4n) is 1.97. The molecule has 2 aromatic carbocycles. The average Bonchev–Trinajstić information content (AvgIpc) is 2.42. The van der Waals surface area contributed by atoms with E-state index in [0.29, 0.717) is 12.0 Å². The molecule has 2 rings (SSSR count). The number of halogens is 3. The lowest BCUT2D eigenvalue weighted by atomic mass is 9.99. The predicted octanol–water partition coefficient (Wildman–Crippen LogP) is 4.60. The van der Waals surface area contributed by atoms with E-state index in [9.17, 15) is 4.39 Å². The minimum atomic E-state index is -0.310. The molecule has 1 unspecified atom stereocenters. The van der Waals surface area contributed by atoms with Crippen molar-refractivity contribution in [2.45, 2.75) is 12.5 Å². The molecular formula is C15H14Br2FNO. The molecule has 0 heterocycles. The van der Waals surface area contributed by atoms with Crippen LogP contribution in [0, 0.1) is 5.82 Å². The van der Waals surface area contributed by atoms with E-state index < -0.39 is 0 Å². The molecule has 0 aromatic heterocycles. The van der Waals surface area contributed by atoms with Gasteiger partial charge in [-0.3, -0.25) is 0 Å². The van der Waals surface area contributed by atoms with Crippen LogP contribution in [-0.2, 0) is 6.42 Å². The smallest absolute Gasteiger partial charge is 0.127 e. The zero-order chi connectivity index (χ0) is 14.7. The average molecular weight is 403 g/mol. The van der Waals surface area contributed by atoms with Crippen LogP contribution in [0.2, 0.25) is 0 Å². The minimum absolute atomic E-state index is 0.256. The van der Waals surface area contributed by atoms with Crippen molar-refractivity contribution in [1.82, 2.24) is 0 Å². The van der Waals surface area contributed by atoms with Crippen LogP contribution in [0.25, 0.3) is 0 Å². The van der Waals surface area contributed by atoms with Gasteiger partial charge >= 0.3 is 0 Å². The molecule has 0 aliphatic rings. The maximum absolute atomic E-state index is 13.9. The van der Waals surface area contributed by atoms with Gasteiger partial charge in [-0.2, -0.15) is 0 Å². The Morgan fingerprint density at radius 2 is 1.95 bits per heavy atom. The third-order valence-corrected chi connectivity index (χ3v) is 4.27. The highest BCUT2D eigenvalue weighted by molar-refractivity contribution is 9.10. The molecule has 2 N–H and O–H groups in total. The van der Waals surface area contributed by atoms with Crippen molar-refractivity contribution >= 4 is 31.9 Å². The Labute approximate surface area is 134 Å². The van der Waals surface area contributed by atoms with Gasteiger partial charge in [-0.25, -0.2) is 4.39 Å². The van der Waals surface area contributed by atoms with E-state index in [2.05, 4.69) is 31.9 Å². The lowest BCUT2D eigenvalue weighted by Crippen LogP contribution is -2.15. The van der Waals surface area contributed by atoms with Crippen molar-refractivity contribution in [3.63, 3.8) is 0 Å². The van der Waals surface area contributed by atoms with Crippen LogP contribution in [0.4, 0.5) is 4.39 Å². The number of hydrogen-bond donors (Lipinski definition) is 1. The summed E-state index contributed by atoms with van der Waals surface area (Å²) in [5, 5.41) is 0. The summed E-state index contributed by atoms with van der Waals surface area (Å²) in [5.74, 6) is 0.476. The summed E-state index contributed by atoms with van der Waals surface area (Å²) in [7, 11) is 1.60. The van der Waals surface area contributed by atoms with E-state index in [0.717, 1.165) is 20.3 Å².